The number of halogens is 3. The molecule has 4 unspecified atom stereocenters. The van der Waals surface area contributed by atoms with Crippen LogP contribution >= 0.6 is 0 Å². The first-order valence-electron chi connectivity index (χ1n) is 6.54. The SMILES string of the molecule is CN1C(=O)C2C(C1=O)C1C(=O)C=CC2N1C.O=C(O)C(F)(F)F. The molecule has 10 heteroatoms. The van der Waals surface area contributed by atoms with E-state index in [1.54, 1.807) is 13.1 Å². The van der Waals surface area contributed by atoms with Crippen molar-refractivity contribution >= 4 is 23.6 Å². The van der Waals surface area contributed by atoms with Crippen molar-refractivity contribution in [2.45, 2.75) is 18.3 Å². The van der Waals surface area contributed by atoms with Gasteiger partial charge in [-0.2, -0.15) is 13.2 Å². The standard InChI is InChI=1S/C11H12N2O3.C2HF3O2/c1-12-5-3-4-6(14)9(12)8-7(5)10(15)13(2)11(8)16;3-2(4,5)1(6)7/h3-5,7-9H,1-2H3;(H,6,7). The summed E-state index contributed by atoms with van der Waals surface area (Å²) >= 11 is 0. The maximum Gasteiger partial charge on any atom is 0.490 e. The molecule has 0 aromatic heterocycles. The molecule has 2 bridgehead atoms. The molecule has 2 fully saturated rings. The van der Waals surface area contributed by atoms with E-state index in [-0.39, 0.29) is 29.6 Å². The van der Waals surface area contributed by atoms with Gasteiger partial charge in [0.2, 0.25) is 11.8 Å². The molecule has 2 amide bonds. The van der Waals surface area contributed by atoms with Crippen LogP contribution < -0.4 is 0 Å². The molecule has 0 spiro atoms. The summed E-state index contributed by atoms with van der Waals surface area (Å²) in [6.45, 7) is 0. The molecule has 3 rings (SSSR count). The van der Waals surface area contributed by atoms with Crippen LogP contribution in [0, 0.1) is 11.8 Å². The number of ketones is 1. The number of alkyl halides is 3. The molecule has 3 heterocycles. The van der Waals surface area contributed by atoms with Crippen molar-refractivity contribution in [1.82, 2.24) is 9.80 Å². The van der Waals surface area contributed by atoms with Crippen LogP contribution in [0.5, 0.6) is 0 Å². The highest BCUT2D eigenvalue weighted by Gasteiger charge is 2.62. The smallest absolute Gasteiger partial charge is 0.475 e. The van der Waals surface area contributed by atoms with E-state index >= 15 is 0 Å². The number of carbonyl (C=O) groups is 4. The third kappa shape index (κ3) is 2.62. The number of rotatable bonds is 0. The van der Waals surface area contributed by atoms with Crippen molar-refractivity contribution in [3.8, 4) is 0 Å². The van der Waals surface area contributed by atoms with E-state index in [9.17, 15) is 27.6 Å². The number of hydrogen-bond acceptors (Lipinski definition) is 5. The summed E-state index contributed by atoms with van der Waals surface area (Å²) in [5.41, 5.74) is 0. The highest BCUT2D eigenvalue weighted by molar-refractivity contribution is 6.11. The molecular formula is C13H13F3N2O5. The molecule has 0 aromatic carbocycles. The lowest BCUT2D eigenvalue weighted by Crippen LogP contribution is -2.46. The summed E-state index contributed by atoms with van der Waals surface area (Å²) in [6.07, 6.45) is -1.83. The van der Waals surface area contributed by atoms with Crippen LogP contribution in [0.3, 0.4) is 0 Å². The highest BCUT2D eigenvalue weighted by atomic mass is 19.4. The highest BCUT2D eigenvalue weighted by Crippen LogP contribution is 2.43. The van der Waals surface area contributed by atoms with Crippen molar-refractivity contribution < 1.29 is 37.5 Å². The number of carboxylic acids is 1. The predicted octanol–water partition coefficient (Wildman–Crippen LogP) is -0.328. The number of aliphatic carboxylic acids is 1. The third-order valence-electron chi connectivity index (χ3n) is 4.23. The van der Waals surface area contributed by atoms with Gasteiger partial charge in [0.25, 0.3) is 0 Å². The van der Waals surface area contributed by atoms with Gasteiger partial charge >= 0.3 is 12.1 Å². The molecule has 4 atom stereocenters. The van der Waals surface area contributed by atoms with Gasteiger partial charge in [-0.1, -0.05) is 6.08 Å². The first-order chi connectivity index (χ1) is 10.5. The van der Waals surface area contributed by atoms with Crippen LogP contribution in [-0.2, 0) is 19.2 Å². The zero-order valence-electron chi connectivity index (χ0n) is 12.1. The van der Waals surface area contributed by atoms with Crippen molar-refractivity contribution in [3.05, 3.63) is 12.2 Å². The number of likely N-dealkylation sites (N-methyl/N-ethyl adjacent to an activating group) is 1. The zero-order valence-corrected chi connectivity index (χ0v) is 12.1. The van der Waals surface area contributed by atoms with Crippen molar-refractivity contribution in [2.75, 3.05) is 14.1 Å². The van der Waals surface area contributed by atoms with Gasteiger partial charge in [0.05, 0.1) is 17.9 Å². The van der Waals surface area contributed by atoms with E-state index in [4.69, 9.17) is 9.90 Å². The Morgan fingerprint density at radius 3 is 2.09 bits per heavy atom. The second kappa shape index (κ2) is 5.44. The Hall–Kier alpha value is -2.23. The van der Waals surface area contributed by atoms with Crippen LogP contribution in [0.1, 0.15) is 0 Å². The van der Waals surface area contributed by atoms with Crippen LogP contribution in [0.15, 0.2) is 12.2 Å². The number of fused-ring (bicyclic) bond motifs is 5. The maximum absolute atomic E-state index is 11.9. The Kier molecular flexibility index (Phi) is 4.05. The summed E-state index contributed by atoms with van der Waals surface area (Å²) < 4.78 is 31.7. The molecule has 0 saturated carbocycles. The number of carbonyl (C=O) groups excluding carboxylic acids is 3. The summed E-state index contributed by atoms with van der Waals surface area (Å²) in [5.74, 6) is -4.04. The van der Waals surface area contributed by atoms with Crippen molar-refractivity contribution in [1.29, 1.82) is 0 Å². The molecular weight excluding hydrogens is 321 g/mol. The number of likely N-dealkylation sites (tertiary alicyclic amines) is 1. The van der Waals surface area contributed by atoms with Crippen LogP contribution in [0.2, 0.25) is 0 Å². The van der Waals surface area contributed by atoms with E-state index < -0.39 is 24.1 Å². The normalized spacial score (nSPS) is 32.7. The van der Waals surface area contributed by atoms with Gasteiger partial charge in [-0.3, -0.25) is 24.2 Å². The van der Waals surface area contributed by atoms with Gasteiger partial charge in [-0.25, -0.2) is 4.79 Å². The average molecular weight is 334 g/mol. The first-order valence-corrected chi connectivity index (χ1v) is 6.54. The monoisotopic (exact) mass is 334 g/mol. The number of hydrogen-bond donors (Lipinski definition) is 1. The largest absolute Gasteiger partial charge is 0.490 e. The van der Waals surface area contributed by atoms with Gasteiger partial charge in [0.1, 0.15) is 0 Å². The van der Waals surface area contributed by atoms with Crippen LogP contribution in [-0.4, -0.2) is 70.8 Å². The number of imide groups is 1. The Morgan fingerprint density at radius 1 is 1.13 bits per heavy atom. The first kappa shape index (κ1) is 17.1. The Morgan fingerprint density at radius 2 is 1.61 bits per heavy atom. The van der Waals surface area contributed by atoms with Crippen molar-refractivity contribution in [3.63, 3.8) is 0 Å². The molecule has 0 aliphatic carbocycles. The number of carboxylic acid groups (broad SMARTS) is 1. The van der Waals surface area contributed by atoms with Crippen LogP contribution in [0.25, 0.3) is 0 Å². The second-order valence-corrected chi connectivity index (χ2v) is 5.45. The molecule has 23 heavy (non-hydrogen) atoms. The molecule has 2 saturated heterocycles. The minimum atomic E-state index is -5.08. The fourth-order valence-electron chi connectivity index (χ4n) is 3.17. The van der Waals surface area contributed by atoms with Gasteiger partial charge < -0.3 is 5.11 Å². The van der Waals surface area contributed by atoms with E-state index in [0.717, 1.165) is 4.90 Å². The maximum atomic E-state index is 11.9. The van der Waals surface area contributed by atoms with Crippen molar-refractivity contribution in [2.24, 2.45) is 11.8 Å². The minimum Gasteiger partial charge on any atom is -0.475 e. The lowest BCUT2D eigenvalue weighted by molar-refractivity contribution is -0.192. The van der Waals surface area contributed by atoms with Crippen LogP contribution in [0.4, 0.5) is 13.2 Å². The molecule has 126 valence electrons. The molecule has 0 aromatic rings. The van der Waals surface area contributed by atoms with Gasteiger partial charge in [0.15, 0.2) is 5.78 Å². The van der Waals surface area contributed by atoms with E-state index in [1.807, 2.05) is 4.90 Å². The molecule has 0 radical (unpaired) electrons. The fourth-order valence-corrected chi connectivity index (χ4v) is 3.17. The van der Waals surface area contributed by atoms with E-state index in [2.05, 4.69) is 0 Å². The van der Waals surface area contributed by atoms with Gasteiger partial charge in [-0.05, 0) is 13.1 Å². The second-order valence-electron chi connectivity index (χ2n) is 5.45. The fraction of sp³-hybridized carbons (Fsp3) is 0.538. The third-order valence-corrected chi connectivity index (χ3v) is 4.23. The average Bonchev–Trinajstić information content (AvgIpc) is 2.76. The quantitative estimate of drug-likeness (QED) is 0.610. The number of nitrogens with zero attached hydrogens (tertiary/aromatic N) is 2. The Bertz CT molecular complexity index is 615. The van der Waals surface area contributed by atoms with E-state index in [0.29, 0.717) is 0 Å². The molecule has 3 aliphatic heterocycles. The lowest BCUT2D eigenvalue weighted by atomic mass is 9.90. The summed E-state index contributed by atoms with van der Waals surface area (Å²) in [4.78, 5) is 47.5. The summed E-state index contributed by atoms with van der Waals surface area (Å²) in [7, 11) is 3.29. The zero-order chi connectivity index (χ0) is 17.7. The Labute approximate surface area is 128 Å². The van der Waals surface area contributed by atoms with E-state index in [1.165, 1.54) is 13.1 Å². The predicted molar refractivity (Wildman–Crippen MR) is 67.9 cm³/mol. The molecule has 7 nitrogen and oxygen atoms in total. The topological polar surface area (TPSA) is 95.0 Å². The summed E-state index contributed by atoms with van der Waals surface area (Å²) in [6, 6.07) is -0.546. The minimum absolute atomic E-state index is 0.0669. The molecule has 3 aliphatic rings. The van der Waals surface area contributed by atoms with Gasteiger partial charge in [-0.15, -0.1) is 0 Å². The summed E-state index contributed by atoms with van der Waals surface area (Å²) in [5, 5.41) is 7.12. The molecule has 1 N–H and O–H groups in total. The lowest BCUT2D eigenvalue weighted by Gasteiger charge is -2.28. The number of amides is 2. The van der Waals surface area contributed by atoms with Gasteiger partial charge in [0, 0.05) is 13.1 Å². The Balaban J connectivity index is 0.000000236.